The molecule has 0 radical (unpaired) electrons. The van der Waals surface area contributed by atoms with Crippen molar-refractivity contribution in [2.75, 3.05) is 32.2 Å². The summed E-state index contributed by atoms with van der Waals surface area (Å²) in [5, 5.41) is 11.2. The highest BCUT2D eigenvalue weighted by Crippen LogP contribution is 2.05. The van der Waals surface area contributed by atoms with E-state index in [-0.39, 0.29) is 12.5 Å². The van der Waals surface area contributed by atoms with Crippen LogP contribution in [0.25, 0.3) is 0 Å². The van der Waals surface area contributed by atoms with Crippen molar-refractivity contribution in [1.82, 2.24) is 10.2 Å². The van der Waals surface area contributed by atoms with Crippen LogP contribution in [-0.2, 0) is 4.79 Å². The first-order valence-corrected chi connectivity index (χ1v) is 7.83. The second-order valence-corrected chi connectivity index (χ2v) is 5.37. The molecule has 0 spiro atoms. The molecule has 0 heterocycles. The van der Waals surface area contributed by atoms with Crippen LogP contribution in [0.2, 0.25) is 0 Å². The zero-order valence-electron chi connectivity index (χ0n) is 11.7. The van der Waals surface area contributed by atoms with Crippen molar-refractivity contribution in [2.45, 2.75) is 31.7 Å². The van der Waals surface area contributed by atoms with E-state index in [1.54, 1.807) is 23.7 Å². The van der Waals surface area contributed by atoms with Crippen LogP contribution in [0.15, 0.2) is 0 Å². The molecule has 0 aromatic heterocycles. The van der Waals surface area contributed by atoms with Crippen LogP contribution in [0.3, 0.4) is 0 Å². The molecule has 0 saturated heterocycles. The molecule has 19 heavy (non-hydrogen) atoms. The van der Waals surface area contributed by atoms with Crippen molar-refractivity contribution >= 4 is 23.7 Å². The van der Waals surface area contributed by atoms with Crippen LogP contribution in [-0.4, -0.2) is 60.2 Å². The van der Waals surface area contributed by atoms with Gasteiger partial charge in [-0.3, -0.25) is 4.79 Å². The highest BCUT2D eigenvalue weighted by Gasteiger charge is 2.22. The number of aliphatic hydroxyl groups is 1. The molecule has 0 bridgehead atoms. The van der Waals surface area contributed by atoms with Gasteiger partial charge in [0.05, 0.1) is 0 Å². The minimum atomic E-state index is -0.673. The molecule has 1 unspecified atom stereocenters. The number of rotatable bonds is 10. The van der Waals surface area contributed by atoms with Gasteiger partial charge in [-0.1, -0.05) is 0 Å². The zero-order valence-corrected chi connectivity index (χ0v) is 12.5. The summed E-state index contributed by atoms with van der Waals surface area (Å²) in [6.07, 6.45) is 4.99. The molecule has 0 fully saturated rings. The Hall–Kier alpha value is -0.950. The van der Waals surface area contributed by atoms with E-state index in [0.29, 0.717) is 13.0 Å². The van der Waals surface area contributed by atoms with E-state index in [0.717, 1.165) is 25.0 Å². The maximum absolute atomic E-state index is 12.1. The van der Waals surface area contributed by atoms with Crippen LogP contribution in [0.5, 0.6) is 0 Å². The van der Waals surface area contributed by atoms with E-state index < -0.39 is 12.1 Å². The lowest BCUT2D eigenvalue weighted by Gasteiger charge is -2.24. The number of aliphatic hydroxyl groups excluding tert-OH is 1. The van der Waals surface area contributed by atoms with Crippen molar-refractivity contribution in [3.05, 3.63) is 0 Å². The quantitative estimate of drug-likeness (QED) is 0.508. The predicted octanol–water partition coefficient (Wildman–Crippen LogP) is 0.397. The van der Waals surface area contributed by atoms with Gasteiger partial charge in [0.25, 0.3) is 0 Å². The Balaban J connectivity index is 4.22. The summed E-state index contributed by atoms with van der Waals surface area (Å²) in [5.41, 5.74) is 5.09. The van der Waals surface area contributed by atoms with Gasteiger partial charge in [-0.2, -0.15) is 11.8 Å². The molecule has 0 aliphatic carbocycles. The van der Waals surface area contributed by atoms with Gasteiger partial charge in [0.2, 0.25) is 5.91 Å². The molecule has 6 nitrogen and oxygen atoms in total. The van der Waals surface area contributed by atoms with Crippen molar-refractivity contribution in [2.24, 2.45) is 5.73 Å². The zero-order chi connectivity index (χ0) is 14.7. The Morgan fingerprint density at radius 2 is 2.05 bits per heavy atom. The highest BCUT2D eigenvalue weighted by molar-refractivity contribution is 7.98. The fourth-order valence-corrected chi connectivity index (χ4v) is 2.15. The second-order valence-electron chi connectivity index (χ2n) is 4.39. The number of carbonyl (C=O) groups is 2. The lowest BCUT2D eigenvalue weighted by molar-refractivity contribution is -0.132. The fraction of sp³-hybridized carbons (Fsp3) is 0.833. The molecule has 0 aromatic carbocycles. The Morgan fingerprint density at radius 3 is 2.58 bits per heavy atom. The van der Waals surface area contributed by atoms with Gasteiger partial charge in [0.15, 0.2) is 0 Å². The predicted molar refractivity (Wildman–Crippen MR) is 78.1 cm³/mol. The van der Waals surface area contributed by atoms with Crippen LogP contribution in [0, 0.1) is 0 Å². The Morgan fingerprint density at radius 1 is 1.37 bits per heavy atom. The van der Waals surface area contributed by atoms with Gasteiger partial charge in [0.1, 0.15) is 6.04 Å². The number of nitrogens with zero attached hydrogens (tertiary/aromatic N) is 1. The van der Waals surface area contributed by atoms with Gasteiger partial charge in [-0.25, -0.2) is 4.79 Å². The van der Waals surface area contributed by atoms with Gasteiger partial charge >= 0.3 is 6.03 Å². The molecular formula is C12H25N3O3S. The SMILES string of the molecule is CSCCC(NC(N)=O)C(=O)N(C)CCCCCO. The molecule has 112 valence electrons. The smallest absolute Gasteiger partial charge is 0.312 e. The molecule has 3 amide bonds. The lowest BCUT2D eigenvalue weighted by atomic mass is 10.2. The summed E-state index contributed by atoms with van der Waals surface area (Å²) in [5.74, 6) is 0.673. The molecule has 0 aliphatic heterocycles. The first-order valence-electron chi connectivity index (χ1n) is 6.43. The maximum Gasteiger partial charge on any atom is 0.312 e. The van der Waals surface area contributed by atoms with Gasteiger partial charge in [-0.05, 0) is 37.7 Å². The molecule has 0 aromatic rings. The van der Waals surface area contributed by atoms with Crippen LogP contribution < -0.4 is 11.1 Å². The largest absolute Gasteiger partial charge is 0.396 e. The minimum absolute atomic E-state index is 0.114. The number of hydrogen-bond donors (Lipinski definition) is 3. The molecular weight excluding hydrogens is 266 g/mol. The van der Waals surface area contributed by atoms with E-state index >= 15 is 0 Å². The molecule has 0 rings (SSSR count). The van der Waals surface area contributed by atoms with Crippen LogP contribution in [0.1, 0.15) is 25.7 Å². The highest BCUT2D eigenvalue weighted by atomic mass is 32.2. The Kier molecular flexibility index (Phi) is 10.4. The average molecular weight is 291 g/mol. The number of hydrogen-bond acceptors (Lipinski definition) is 4. The number of primary amides is 1. The number of unbranched alkanes of at least 4 members (excludes halogenated alkanes) is 2. The average Bonchev–Trinajstić information content (AvgIpc) is 2.38. The second kappa shape index (κ2) is 10.9. The van der Waals surface area contributed by atoms with Crippen molar-refractivity contribution in [3.8, 4) is 0 Å². The van der Waals surface area contributed by atoms with E-state index in [2.05, 4.69) is 5.32 Å². The van der Waals surface area contributed by atoms with E-state index in [9.17, 15) is 9.59 Å². The number of carbonyl (C=O) groups excluding carboxylic acids is 2. The fourth-order valence-electron chi connectivity index (χ4n) is 1.68. The number of urea groups is 1. The van der Waals surface area contributed by atoms with Crippen LogP contribution >= 0.6 is 11.8 Å². The Labute approximate surface area is 119 Å². The number of nitrogens with one attached hydrogen (secondary N) is 1. The van der Waals surface area contributed by atoms with E-state index in [4.69, 9.17) is 10.8 Å². The van der Waals surface area contributed by atoms with Crippen molar-refractivity contribution in [3.63, 3.8) is 0 Å². The van der Waals surface area contributed by atoms with Gasteiger partial charge in [0, 0.05) is 20.2 Å². The third-order valence-corrected chi connectivity index (χ3v) is 3.40. The van der Waals surface area contributed by atoms with Crippen molar-refractivity contribution in [1.29, 1.82) is 0 Å². The molecule has 0 saturated carbocycles. The number of likely N-dealkylation sites (N-methyl/N-ethyl adjacent to an activating group) is 1. The number of amides is 3. The minimum Gasteiger partial charge on any atom is -0.396 e. The first kappa shape index (κ1) is 18.0. The van der Waals surface area contributed by atoms with Crippen LogP contribution in [0.4, 0.5) is 4.79 Å². The normalized spacial score (nSPS) is 11.9. The summed E-state index contributed by atoms with van der Waals surface area (Å²) < 4.78 is 0. The number of nitrogens with two attached hydrogens (primary N) is 1. The molecule has 7 heteroatoms. The standard InChI is InChI=1S/C12H25N3O3S/c1-15(7-4-3-5-8-16)11(17)10(6-9-19-2)14-12(13)18/h10,16H,3-9H2,1-2H3,(H3,13,14,18). The Bertz CT molecular complexity index is 277. The summed E-state index contributed by atoms with van der Waals surface area (Å²) >= 11 is 1.62. The molecule has 1 atom stereocenters. The summed E-state index contributed by atoms with van der Waals surface area (Å²) in [4.78, 5) is 24.7. The summed E-state index contributed by atoms with van der Waals surface area (Å²) in [6, 6.07) is -1.22. The topological polar surface area (TPSA) is 95.7 Å². The van der Waals surface area contributed by atoms with Gasteiger partial charge < -0.3 is 21.1 Å². The summed E-state index contributed by atoms with van der Waals surface area (Å²) in [6.45, 7) is 0.798. The van der Waals surface area contributed by atoms with Gasteiger partial charge in [-0.15, -0.1) is 0 Å². The van der Waals surface area contributed by atoms with E-state index in [1.165, 1.54) is 0 Å². The first-order chi connectivity index (χ1) is 9.02. The van der Waals surface area contributed by atoms with Crippen molar-refractivity contribution < 1.29 is 14.7 Å². The molecule has 0 aliphatic rings. The monoisotopic (exact) mass is 291 g/mol. The molecule has 4 N–H and O–H groups in total. The lowest BCUT2D eigenvalue weighted by Crippen LogP contribution is -2.49. The third-order valence-electron chi connectivity index (χ3n) is 2.75. The number of thioether (sulfide) groups is 1. The van der Waals surface area contributed by atoms with E-state index in [1.807, 2.05) is 6.26 Å². The summed E-state index contributed by atoms with van der Waals surface area (Å²) in [7, 11) is 1.72. The third kappa shape index (κ3) is 8.72. The maximum atomic E-state index is 12.1.